The van der Waals surface area contributed by atoms with E-state index in [1.807, 2.05) is 0 Å². The van der Waals surface area contributed by atoms with Gasteiger partial charge in [0.05, 0.1) is 0 Å². The summed E-state index contributed by atoms with van der Waals surface area (Å²) in [7, 11) is 0. The molecule has 0 aromatic heterocycles. The van der Waals surface area contributed by atoms with E-state index >= 15 is 0 Å². The Bertz CT molecular complexity index is 406. The molecular formula is C10H12O9. The summed E-state index contributed by atoms with van der Waals surface area (Å²) in [6, 6.07) is 0. The summed E-state index contributed by atoms with van der Waals surface area (Å²) in [5.74, 6) is -0.809. The van der Waals surface area contributed by atoms with Gasteiger partial charge in [0.1, 0.15) is 18.3 Å². The number of carbonyl (C=O) groups is 3. The Kier molecular flexibility index (Phi) is 3.36. The largest absolute Gasteiger partial charge is 0.506 e. The van der Waals surface area contributed by atoms with Crippen molar-refractivity contribution < 1.29 is 43.9 Å². The molecular weight excluding hydrogens is 264 g/mol. The van der Waals surface area contributed by atoms with E-state index in [1.165, 1.54) is 0 Å². The van der Waals surface area contributed by atoms with Crippen LogP contribution in [-0.2, 0) is 14.2 Å². The molecule has 2 aliphatic carbocycles. The minimum atomic E-state index is -1.56. The van der Waals surface area contributed by atoms with E-state index in [2.05, 4.69) is 14.2 Å². The van der Waals surface area contributed by atoms with Crippen LogP contribution in [0.3, 0.4) is 0 Å². The highest BCUT2D eigenvalue weighted by atomic mass is 16.7. The predicted octanol–water partition coefficient (Wildman–Crippen LogP) is 1.22. The molecule has 5 unspecified atom stereocenters. The van der Waals surface area contributed by atoms with Gasteiger partial charge >= 0.3 is 18.5 Å². The van der Waals surface area contributed by atoms with E-state index in [1.54, 1.807) is 0 Å². The van der Waals surface area contributed by atoms with Crippen molar-refractivity contribution in [2.24, 2.45) is 11.8 Å². The molecule has 3 N–H and O–H groups in total. The van der Waals surface area contributed by atoms with E-state index < -0.39 is 42.7 Å². The fraction of sp³-hybridized carbons (Fsp3) is 0.700. The standard InChI is InChI=1S/C10H12O9/c11-8(12)17-5-2-3-1-4(5)7(19-10(15)16)6(3)18-9(13)14/h3-7H,1-2H2,(H,11,12)(H,13,14)(H,15,16). The molecule has 5 atom stereocenters. The van der Waals surface area contributed by atoms with Gasteiger partial charge in [0.25, 0.3) is 0 Å². The normalized spacial score (nSPS) is 35.7. The molecule has 9 nitrogen and oxygen atoms in total. The minimum Gasteiger partial charge on any atom is -0.450 e. The SMILES string of the molecule is O=C(O)OC1CC2CC1C(OC(=O)O)C2OC(=O)O. The first-order valence-electron chi connectivity index (χ1n) is 5.57. The number of fused-ring (bicyclic) bond motifs is 2. The number of hydrogen-bond donors (Lipinski definition) is 3. The molecule has 0 aromatic rings. The van der Waals surface area contributed by atoms with Gasteiger partial charge in [0, 0.05) is 11.8 Å². The predicted molar refractivity (Wildman–Crippen MR) is 54.9 cm³/mol. The molecule has 106 valence electrons. The Morgan fingerprint density at radius 1 is 0.789 bits per heavy atom. The molecule has 0 aliphatic heterocycles. The zero-order valence-corrected chi connectivity index (χ0v) is 9.59. The first-order chi connectivity index (χ1) is 8.88. The molecule has 0 saturated heterocycles. The number of rotatable bonds is 3. The van der Waals surface area contributed by atoms with Crippen molar-refractivity contribution in [3.63, 3.8) is 0 Å². The van der Waals surface area contributed by atoms with Gasteiger partial charge in [-0.05, 0) is 12.8 Å². The Morgan fingerprint density at radius 2 is 1.32 bits per heavy atom. The van der Waals surface area contributed by atoms with Crippen LogP contribution in [0.1, 0.15) is 12.8 Å². The monoisotopic (exact) mass is 276 g/mol. The van der Waals surface area contributed by atoms with Crippen molar-refractivity contribution in [2.75, 3.05) is 0 Å². The van der Waals surface area contributed by atoms with Gasteiger partial charge in [0.15, 0.2) is 0 Å². The van der Waals surface area contributed by atoms with Crippen LogP contribution in [0.25, 0.3) is 0 Å². The Balaban J connectivity index is 2.11. The van der Waals surface area contributed by atoms with Gasteiger partial charge < -0.3 is 29.5 Å². The van der Waals surface area contributed by atoms with Gasteiger partial charge in [-0.25, -0.2) is 14.4 Å². The van der Waals surface area contributed by atoms with Crippen molar-refractivity contribution in [2.45, 2.75) is 31.2 Å². The molecule has 0 heterocycles. The van der Waals surface area contributed by atoms with Gasteiger partial charge in [0.2, 0.25) is 0 Å². The molecule has 2 fully saturated rings. The van der Waals surface area contributed by atoms with E-state index in [0.717, 1.165) is 0 Å². The number of ether oxygens (including phenoxy) is 3. The van der Waals surface area contributed by atoms with Crippen molar-refractivity contribution in [1.82, 2.24) is 0 Å². The lowest BCUT2D eigenvalue weighted by Crippen LogP contribution is -2.45. The van der Waals surface area contributed by atoms with Crippen LogP contribution < -0.4 is 0 Å². The lowest BCUT2D eigenvalue weighted by Gasteiger charge is -2.32. The van der Waals surface area contributed by atoms with E-state index in [4.69, 9.17) is 15.3 Å². The second-order valence-electron chi connectivity index (χ2n) is 4.51. The summed E-state index contributed by atoms with van der Waals surface area (Å²) >= 11 is 0. The fourth-order valence-corrected chi connectivity index (χ4v) is 3.01. The quantitative estimate of drug-likeness (QED) is 0.512. The average molecular weight is 276 g/mol. The molecule has 2 rings (SSSR count). The van der Waals surface area contributed by atoms with Crippen LogP contribution in [-0.4, -0.2) is 52.1 Å². The summed E-state index contributed by atoms with van der Waals surface area (Å²) in [5, 5.41) is 25.8. The molecule has 0 radical (unpaired) electrons. The summed E-state index contributed by atoms with van der Waals surface area (Å²) in [4.78, 5) is 31.7. The first-order valence-corrected chi connectivity index (χ1v) is 5.57. The smallest absolute Gasteiger partial charge is 0.450 e. The highest BCUT2D eigenvalue weighted by Crippen LogP contribution is 2.49. The molecule has 0 aromatic carbocycles. The van der Waals surface area contributed by atoms with E-state index in [9.17, 15) is 14.4 Å². The zero-order valence-electron chi connectivity index (χ0n) is 9.59. The highest BCUT2D eigenvalue weighted by molar-refractivity contribution is 5.59. The van der Waals surface area contributed by atoms with Crippen LogP contribution in [0.4, 0.5) is 14.4 Å². The van der Waals surface area contributed by atoms with E-state index in [-0.39, 0.29) is 5.92 Å². The lowest BCUT2D eigenvalue weighted by molar-refractivity contribution is -0.0944. The van der Waals surface area contributed by atoms with Crippen molar-refractivity contribution >= 4 is 18.5 Å². The summed E-state index contributed by atoms with van der Waals surface area (Å²) in [6.45, 7) is 0. The van der Waals surface area contributed by atoms with Gasteiger partial charge in [-0.1, -0.05) is 0 Å². The molecule has 0 amide bonds. The molecule has 2 bridgehead atoms. The van der Waals surface area contributed by atoms with Crippen molar-refractivity contribution in [3.8, 4) is 0 Å². The molecule has 19 heavy (non-hydrogen) atoms. The topological polar surface area (TPSA) is 140 Å². The Morgan fingerprint density at radius 3 is 1.84 bits per heavy atom. The van der Waals surface area contributed by atoms with Gasteiger partial charge in [-0.3, -0.25) is 0 Å². The molecule has 2 aliphatic rings. The van der Waals surface area contributed by atoms with Crippen LogP contribution in [0.15, 0.2) is 0 Å². The fourth-order valence-electron chi connectivity index (χ4n) is 3.01. The highest BCUT2D eigenvalue weighted by Gasteiger charge is 2.58. The lowest BCUT2D eigenvalue weighted by atomic mass is 9.92. The summed E-state index contributed by atoms with van der Waals surface area (Å²) < 4.78 is 13.9. The summed E-state index contributed by atoms with van der Waals surface area (Å²) in [5.41, 5.74) is 0. The Hall–Kier alpha value is -2.19. The maximum Gasteiger partial charge on any atom is 0.506 e. The third-order valence-corrected chi connectivity index (χ3v) is 3.52. The number of carboxylic acid groups (broad SMARTS) is 3. The zero-order chi connectivity index (χ0) is 14.2. The summed E-state index contributed by atoms with van der Waals surface area (Å²) in [6.07, 6.45) is -6.47. The van der Waals surface area contributed by atoms with Crippen molar-refractivity contribution in [3.05, 3.63) is 0 Å². The third-order valence-electron chi connectivity index (χ3n) is 3.52. The second kappa shape index (κ2) is 4.82. The minimum absolute atomic E-state index is 0.296. The maximum atomic E-state index is 10.6. The number of hydrogen-bond acceptors (Lipinski definition) is 6. The van der Waals surface area contributed by atoms with Crippen LogP contribution >= 0.6 is 0 Å². The van der Waals surface area contributed by atoms with Gasteiger partial charge in [-0.2, -0.15) is 0 Å². The third kappa shape index (κ3) is 2.64. The molecule has 0 spiro atoms. The maximum absolute atomic E-state index is 10.6. The molecule has 2 saturated carbocycles. The van der Waals surface area contributed by atoms with Crippen LogP contribution in [0.2, 0.25) is 0 Å². The van der Waals surface area contributed by atoms with Crippen LogP contribution in [0, 0.1) is 11.8 Å². The first kappa shape index (κ1) is 13.2. The Labute approximate surface area is 106 Å². The van der Waals surface area contributed by atoms with Gasteiger partial charge in [-0.15, -0.1) is 0 Å². The second-order valence-corrected chi connectivity index (χ2v) is 4.51. The van der Waals surface area contributed by atoms with Crippen LogP contribution in [0.5, 0.6) is 0 Å². The van der Waals surface area contributed by atoms with E-state index in [0.29, 0.717) is 12.8 Å². The average Bonchev–Trinajstić information content (AvgIpc) is 2.76. The van der Waals surface area contributed by atoms with Crippen molar-refractivity contribution in [1.29, 1.82) is 0 Å². The molecule has 9 heteroatoms.